The summed E-state index contributed by atoms with van der Waals surface area (Å²) in [5, 5.41) is 9.52. The highest BCUT2D eigenvalue weighted by Gasteiger charge is 2.27. The summed E-state index contributed by atoms with van der Waals surface area (Å²) in [5.41, 5.74) is 0. The van der Waals surface area contributed by atoms with Gasteiger partial charge in [-0.3, -0.25) is 4.79 Å². The van der Waals surface area contributed by atoms with Gasteiger partial charge < -0.3 is 9.52 Å². The van der Waals surface area contributed by atoms with Crippen molar-refractivity contribution >= 4 is 17.5 Å². The summed E-state index contributed by atoms with van der Waals surface area (Å²) in [6, 6.07) is 3.67. The van der Waals surface area contributed by atoms with E-state index in [2.05, 4.69) is 11.3 Å². The van der Waals surface area contributed by atoms with Crippen LogP contribution in [-0.4, -0.2) is 28.5 Å². The minimum absolute atomic E-state index is 0.0483. The summed E-state index contributed by atoms with van der Waals surface area (Å²) < 4.78 is 4.58. The van der Waals surface area contributed by atoms with E-state index < -0.39 is 0 Å². The number of ketones is 1. The zero-order chi connectivity index (χ0) is 15.3. The van der Waals surface area contributed by atoms with E-state index in [0.29, 0.717) is 11.7 Å². The van der Waals surface area contributed by atoms with Gasteiger partial charge in [0.1, 0.15) is 5.78 Å². The van der Waals surface area contributed by atoms with Gasteiger partial charge in [-0.1, -0.05) is 26.2 Å². The molecule has 1 aromatic rings. The van der Waals surface area contributed by atoms with Gasteiger partial charge in [-0.15, -0.1) is 0 Å². The summed E-state index contributed by atoms with van der Waals surface area (Å²) in [6.45, 7) is 2.27. The van der Waals surface area contributed by atoms with E-state index in [-0.39, 0.29) is 18.3 Å². The number of thioether (sulfide) groups is 1. The van der Waals surface area contributed by atoms with Crippen LogP contribution in [0.2, 0.25) is 0 Å². The molecule has 120 valence electrons. The van der Waals surface area contributed by atoms with Crippen molar-refractivity contribution in [2.75, 3.05) is 12.4 Å². The fourth-order valence-corrected chi connectivity index (χ4v) is 3.67. The Bertz CT molecular complexity index is 334. The third-order valence-corrected chi connectivity index (χ3v) is 5.12. The molecule has 2 unspecified atom stereocenters. The van der Waals surface area contributed by atoms with Crippen LogP contribution in [0.3, 0.4) is 0 Å². The second-order valence-corrected chi connectivity index (χ2v) is 6.88. The van der Waals surface area contributed by atoms with Crippen molar-refractivity contribution in [1.82, 2.24) is 0 Å². The highest BCUT2D eigenvalue weighted by molar-refractivity contribution is 7.99. The lowest BCUT2D eigenvalue weighted by atomic mass is 9.88. The molecule has 1 aliphatic rings. The normalized spacial score (nSPS) is 21.7. The van der Waals surface area contributed by atoms with Gasteiger partial charge in [-0.25, -0.2) is 0 Å². The molecule has 0 bridgehead atoms. The van der Waals surface area contributed by atoms with E-state index >= 15 is 0 Å². The molecule has 0 amide bonds. The number of unbranched alkanes of at least 4 members (excludes halogenated alkanes) is 3. The van der Waals surface area contributed by atoms with Gasteiger partial charge in [0.2, 0.25) is 0 Å². The molecule has 2 atom stereocenters. The van der Waals surface area contributed by atoms with Crippen LogP contribution in [-0.2, 0) is 4.79 Å². The molecule has 1 fully saturated rings. The Morgan fingerprint density at radius 1 is 1.24 bits per heavy atom. The Hall–Kier alpha value is -0.740. The van der Waals surface area contributed by atoms with Crippen molar-refractivity contribution in [2.24, 2.45) is 5.92 Å². The van der Waals surface area contributed by atoms with Crippen LogP contribution in [0.1, 0.15) is 51.9 Å². The van der Waals surface area contributed by atoms with Crippen LogP contribution in [0.4, 0.5) is 0 Å². The molecular weight excluding hydrogens is 284 g/mol. The molecule has 1 aliphatic carbocycles. The molecule has 1 saturated carbocycles. The standard InChI is InChI=1S/C13H24O2S.C4H4O/c1-2-3-4-5-8-16-12-7-6-11(10-14)13(15)9-12;1-2-4-5-3-1/h11-12,14H,2-10H2,1H3;1-4H. The maximum Gasteiger partial charge on any atom is 0.139 e. The molecule has 0 aromatic carbocycles. The van der Waals surface area contributed by atoms with E-state index in [9.17, 15) is 4.79 Å². The molecule has 0 saturated heterocycles. The summed E-state index contributed by atoms with van der Waals surface area (Å²) in [4.78, 5) is 11.6. The first-order valence-corrected chi connectivity index (χ1v) is 9.05. The van der Waals surface area contributed by atoms with Crippen molar-refractivity contribution in [1.29, 1.82) is 0 Å². The molecule has 0 radical (unpaired) electrons. The lowest BCUT2D eigenvalue weighted by Gasteiger charge is -2.25. The van der Waals surface area contributed by atoms with Crippen molar-refractivity contribution in [3.63, 3.8) is 0 Å². The molecule has 21 heavy (non-hydrogen) atoms. The Kier molecular flexibility index (Phi) is 10.3. The summed E-state index contributed by atoms with van der Waals surface area (Å²) >= 11 is 1.96. The van der Waals surface area contributed by atoms with Crippen LogP contribution in [0.15, 0.2) is 29.1 Å². The maximum absolute atomic E-state index is 11.6. The maximum atomic E-state index is 11.6. The molecule has 0 spiro atoms. The van der Waals surface area contributed by atoms with E-state index in [1.165, 1.54) is 31.4 Å². The molecule has 0 aliphatic heterocycles. The average molecular weight is 312 g/mol. The lowest BCUT2D eigenvalue weighted by Crippen LogP contribution is -2.28. The zero-order valence-electron chi connectivity index (χ0n) is 13.0. The number of hydrogen-bond acceptors (Lipinski definition) is 4. The number of Topliss-reactive ketones (excluding diaryl/α,β-unsaturated/α-hetero) is 1. The first-order valence-electron chi connectivity index (χ1n) is 8.00. The summed E-state index contributed by atoms with van der Waals surface area (Å²) in [5.74, 6) is 1.42. The van der Waals surface area contributed by atoms with E-state index in [4.69, 9.17) is 5.11 Å². The van der Waals surface area contributed by atoms with Crippen LogP contribution in [0.5, 0.6) is 0 Å². The molecule has 2 rings (SSSR count). The number of aliphatic hydroxyl groups is 1. The SMILES string of the molecule is CCCCCCSC1CCC(CO)C(=O)C1.c1ccoc1. The number of furan rings is 1. The van der Waals surface area contributed by atoms with Crippen LogP contribution in [0.25, 0.3) is 0 Å². The monoisotopic (exact) mass is 312 g/mol. The average Bonchev–Trinajstić information content (AvgIpc) is 3.07. The van der Waals surface area contributed by atoms with Crippen molar-refractivity contribution < 1.29 is 14.3 Å². The highest BCUT2D eigenvalue weighted by atomic mass is 32.2. The Balaban J connectivity index is 0.000000369. The number of rotatable bonds is 7. The number of hydrogen-bond donors (Lipinski definition) is 1. The highest BCUT2D eigenvalue weighted by Crippen LogP contribution is 2.30. The van der Waals surface area contributed by atoms with Crippen LogP contribution >= 0.6 is 11.8 Å². The van der Waals surface area contributed by atoms with Crippen LogP contribution < -0.4 is 0 Å². The number of carbonyl (C=O) groups excluding carboxylic acids is 1. The van der Waals surface area contributed by atoms with E-state index in [1.54, 1.807) is 12.5 Å². The fraction of sp³-hybridized carbons (Fsp3) is 0.706. The second-order valence-electron chi connectivity index (χ2n) is 5.47. The topological polar surface area (TPSA) is 50.4 Å². The Morgan fingerprint density at radius 3 is 2.52 bits per heavy atom. The predicted molar refractivity (Wildman–Crippen MR) is 88.5 cm³/mol. The number of carbonyl (C=O) groups is 1. The molecule has 4 heteroatoms. The summed E-state index contributed by atoms with van der Waals surface area (Å²) in [7, 11) is 0. The Labute approximate surface area is 132 Å². The summed E-state index contributed by atoms with van der Waals surface area (Å²) in [6.07, 6.45) is 11.2. The van der Waals surface area contributed by atoms with Gasteiger partial charge >= 0.3 is 0 Å². The molecule has 3 nitrogen and oxygen atoms in total. The predicted octanol–water partition coefficient (Wildman–Crippen LogP) is 4.31. The second kappa shape index (κ2) is 11.9. The molecule has 1 aromatic heterocycles. The van der Waals surface area contributed by atoms with Crippen molar-refractivity contribution in [2.45, 2.75) is 57.1 Å². The Morgan fingerprint density at radius 2 is 2.00 bits per heavy atom. The zero-order valence-corrected chi connectivity index (χ0v) is 13.8. The van der Waals surface area contributed by atoms with Crippen molar-refractivity contribution in [3.05, 3.63) is 24.7 Å². The van der Waals surface area contributed by atoms with E-state index in [1.807, 2.05) is 23.9 Å². The van der Waals surface area contributed by atoms with Gasteiger partial charge in [-0.05, 0) is 37.1 Å². The van der Waals surface area contributed by atoms with Gasteiger partial charge in [-0.2, -0.15) is 11.8 Å². The van der Waals surface area contributed by atoms with Gasteiger partial charge in [0.15, 0.2) is 0 Å². The molecule has 1 heterocycles. The molecule has 1 N–H and O–H groups in total. The smallest absolute Gasteiger partial charge is 0.139 e. The van der Waals surface area contributed by atoms with Crippen LogP contribution in [0, 0.1) is 5.92 Å². The van der Waals surface area contributed by atoms with E-state index in [0.717, 1.165) is 12.8 Å². The molecular formula is C17H28O3S. The van der Waals surface area contributed by atoms with Crippen molar-refractivity contribution in [3.8, 4) is 0 Å². The first-order chi connectivity index (χ1) is 10.3. The lowest BCUT2D eigenvalue weighted by molar-refractivity contribution is -0.125. The largest absolute Gasteiger partial charge is 0.473 e. The van der Waals surface area contributed by atoms with Gasteiger partial charge in [0, 0.05) is 17.6 Å². The van der Waals surface area contributed by atoms with Gasteiger partial charge in [0.05, 0.1) is 19.1 Å². The third kappa shape index (κ3) is 8.32. The first kappa shape index (κ1) is 18.3. The number of aliphatic hydroxyl groups excluding tert-OH is 1. The third-order valence-electron chi connectivity index (χ3n) is 3.72. The fourth-order valence-electron chi connectivity index (χ4n) is 2.38. The minimum atomic E-state index is -0.0584. The quantitative estimate of drug-likeness (QED) is 0.762. The minimum Gasteiger partial charge on any atom is -0.473 e. The van der Waals surface area contributed by atoms with Gasteiger partial charge in [0.25, 0.3) is 0 Å².